The monoisotopic (exact) mass is 583 g/mol. The lowest BCUT2D eigenvalue weighted by atomic mass is 10.1. The van der Waals surface area contributed by atoms with Crippen molar-refractivity contribution in [1.82, 2.24) is 10.2 Å². The normalized spacial score (nSPS) is 12.2. The van der Waals surface area contributed by atoms with Crippen LogP contribution in [0.25, 0.3) is 0 Å². The Hall–Kier alpha value is -3.36. The number of nitrogens with zero attached hydrogens (tertiary/aromatic N) is 2. The molecule has 2 amide bonds. The number of aryl methyl sites for hydroxylation is 2. The van der Waals surface area contributed by atoms with Crippen LogP contribution in [0.15, 0.2) is 77.7 Å². The van der Waals surface area contributed by atoms with Gasteiger partial charge in [0.25, 0.3) is 10.0 Å². The first-order valence-corrected chi connectivity index (χ1v) is 15.2. The molecule has 0 heterocycles. The first-order chi connectivity index (χ1) is 18.9. The molecule has 0 aliphatic heterocycles. The molecule has 0 aromatic heterocycles. The second-order valence-electron chi connectivity index (χ2n) is 10.3. The highest BCUT2D eigenvalue weighted by atomic mass is 35.5. The van der Waals surface area contributed by atoms with Crippen molar-refractivity contribution in [2.75, 3.05) is 17.4 Å². The topological polar surface area (TPSA) is 86.8 Å². The Morgan fingerprint density at radius 2 is 1.60 bits per heavy atom. The second-order valence-corrected chi connectivity index (χ2v) is 12.6. The van der Waals surface area contributed by atoms with E-state index in [2.05, 4.69) is 5.32 Å². The van der Waals surface area contributed by atoms with Crippen LogP contribution in [0.5, 0.6) is 0 Å². The highest BCUT2D eigenvalue weighted by molar-refractivity contribution is 7.92. The van der Waals surface area contributed by atoms with Gasteiger partial charge in [0, 0.05) is 18.1 Å². The predicted molar refractivity (Wildman–Crippen MR) is 161 cm³/mol. The zero-order chi connectivity index (χ0) is 29.4. The maximum atomic E-state index is 14.2. The highest BCUT2D eigenvalue weighted by Crippen LogP contribution is 2.29. The molecule has 0 spiro atoms. The van der Waals surface area contributed by atoms with Crippen LogP contribution < -0.4 is 9.62 Å². The van der Waals surface area contributed by atoms with Crippen LogP contribution in [0.2, 0.25) is 5.02 Å². The van der Waals surface area contributed by atoms with E-state index in [0.717, 1.165) is 9.87 Å². The third-order valence-electron chi connectivity index (χ3n) is 6.61. The summed E-state index contributed by atoms with van der Waals surface area (Å²) in [6.07, 6.45) is 0.342. The number of hydrogen-bond donors (Lipinski definition) is 1. The smallest absolute Gasteiger partial charge is 0.264 e. The summed E-state index contributed by atoms with van der Waals surface area (Å²) in [6, 6.07) is 19.8. The maximum absolute atomic E-state index is 14.2. The predicted octanol–water partition coefficient (Wildman–Crippen LogP) is 5.73. The van der Waals surface area contributed by atoms with Crippen LogP contribution in [0.3, 0.4) is 0 Å². The van der Waals surface area contributed by atoms with Gasteiger partial charge in [-0.05, 0) is 67.1 Å². The number of carbonyl (C=O) groups is 2. The molecule has 3 aromatic rings. The average molecular weight is 584 g/mol. The lowest BCUT2D eigenvalue weighted by Crippen LogP contribution is -2.52. The molecular formula is C31H38ClN3O4S. The van der Waals surface area contributed by atoms with Crippen LogP contribution in [-0.4, -0.2) is 44.3 Å². The summed E-state index contributed by atoms with van der Waals surface area (Å²) in [7, 11) is -4.12. The van der Waals surface area contributed by atoms with Crippen molar-refractivity contribution in [2.24, 2.45) is 5.92 Å². The summed E-state index contributed by atoms with van der Waals surface area (Å²) in [5.74, 6) is -0.572. The molecule has 0 bridgehead atoms. The number of rotatable bonds is 12. The Kier molecular flexibility index (Phi) is 10.8. The van der Waals surface area contributed by atoms with Gasteiger partial charge >= 0.3 is 0 Å². The third-order valence-corrected chi connectivity index (χ3v) is 8.76. The van der Waals surface area contributed by atoms with Crippen LogP contribution in [0.4, 0.5) is 5.69 Å². The number of nitrogens with one attached hydrogen (secondary N) is 1. The molecule has 0 aliphatic carbocycles. The number of anilines is 1. The number of benzene rings is 3. The van der Waals surface area contributed by atoms with Crippen molar-refractivity contribution >= 4 is 39.1 Å². The summed E-state index contributed by atoms with van der Waals surface area (Å²) in [5, 5.41) is 3.39. The largest absolute Gasteiger partial charge is 0.354 e. The number of sulfonamides is 1. The van der Waals surface area contributed by atoms with Gasteiger partial charge in [0.2, 0.25) is 11.8 Å². The first-order valence-electron chi connectivity index (χ1n) is 13.4. The lowest BCUT2D eigenvalue weighted by Gasteiger charge is -2.34. The zero-order valence-corrected chi connectivity index (χ0v) is 25.3. The molecule has 9 heteroatoms. The van der Waals surface area contributed by atoms with Crippen molar-refractivity contribution in [2.45, 2.75) is 58.5 Å². The molecule has 1 atom stereocenters. The molecule has 0 saturated heterocycles. The second kappa shape index (κ2) is 13.8. The molecule has 0 unspecified atom stereocenters. The van der Waals surface area contributed by atoms with E-state index in [-0.39, 0.29) is 23.3 Å². The molecule has 0 saturated carbocycles. The fourth-order valence-electron chi connectivity index (χ4n) is 4.37. The fraction of sp³-hybridized carbons (Fsp3) is 0.355. The van der Waals surface area contributed by atoms with Crippen molar-refractivity contribution in [3.63, 3.8) is 0 Å². The van der Waals surface area contributed by atoms with Crippen LogP contribution >= 0.6 is 11.6 Å². The molecule has 3 rings (SSSR count). The molecule has 1 N–H and O–H groups in total. The Morgan fingerprint density at radius 3 is 2.23 bits per heavy atom. The van der Waals surface area contributed by atoms with Gasteiger partial charge in [-0.15, -0.1) is 0 Å². The van der Waals surface area contributed by atoms with Crippen molar-refractivity contribution in [3.05, 3.63) is 94.5 Å². The average Bonchev–Trinajstić information content (AvgIpc) is 2.93. The van der Waals surface area contributed by atoms with Crippen LogP contribution in [0, 0.1) is 19.8 Å². The van der Waals surface area contributed by atoms with Crippen molar-refractivity contribution < 1.29 is 18.0 Å². The van der Waals surface area contributed by atoms with E-state index in [1.165, 1.54) is 17.0 Å². The maximum Gasteiger partial charge on any atom is 0.264 e. The molecule has 7 nitrogen and oxygen atoms in total. The summed E-state index contributed by atoms with van der Waals surface area (Å²) in [5.41, 5.74) is 2.63. The molecular weight excluding hydrogens is 546 g/mol. The Morgan fingerprint density at radius 1 is 0.950 bits per heavy atom. The minimum atomic E-state index is -4.12. The summed E-state index contributed by atoms with van der Waals surface area (Å²) in [4.78, 5) is 29.0. The number of carbonyl (C=O) groups excluding carboxylic acids is 2. The first kappa shape index (κ1) is 31.2. The van der Waals surface area contributed by atoms with Gasteiger partial charge in [-0.2, -0.15) is 0 Å². The van der Waals surface area contributed by atoms with E-state index in [1.807, 2.05) is 52.8 Å². The minimum absolute atomic E-state index is 0.0537. The molecule has 214 valence electrons. The molecule has 0 fully saturated rings. The van der Waals surface area contributed by atoms with E-state index in [0.29, 0.717) is 34.8 Å². The van der Waals surface area contributed by atoms with Gasteiger partial charge in [0.05, 0.1) is 10.6 Å². The summed E-state index contributed by atoms with van der Waals surface area (Å²) in [6.45, 7) is 9.51. The van der Waals surface area contributed by atoms with Gasteiger partial charge in [0.1, 0.15) is 12.6 Å². The lowest BCUT2D eigenvalue weighted by molar-refractivity contribution is -0.140. The third kappa shape index (κ3) is 7.64. The quantitative estimate of drug-likeness (QED) is 0.295. The van der Waals surface area contributed by atoms with Gasteiger partial charge in [-0.3, -0.25) is 13.9 Å². The highest BCUT2D eigenvalue weighted by Gasteiger charge is 2.34. The van der Waals surface area contributed by atoms with E-state index in [1.54, 1.807) is 42.5 Å². The van der Waals surface area contributed by atoms with Gasteiger partial charge in [-0.1, -0.05) is 80.9 Å². The molecule has 40 heavy (non-hydrogen) atoms. The summed E-state index contributed by atoms with van der Waals surface area (Å²) < 4.78 is 29.1. The van der Waals surface area contributed by atoms with Gasteiger partial charge in [-0.25, -0.2) is 8.42 Å². The standard InChI is InChI=1S/C31H38ClN3O4S/c1-6-28(31(37)33-19-22(2)3)34(20-25-12-10-11-15-27(25)32)30(36)21-35(29-18-23(4)16-17-24(29)5)40(38,39)26-13-8-7-9-14-26/h7-18,22,28H,6,19-21H2,1-5H3,(H,33,37)/t28-/m1/s1. The summed E-state index contributed by atoms with van der Waals surface area (Å²) >= 11 is 6.45. The number of halogens is 1. The SMILES string of the molecule is CC[C@H](C(=O)NCC(C)C)N(Cc1ccccc1Cl)C(=O)CN(c1cc(C)ccc1C)S(=O)(=O)c1ccccc1. The van der Waals surface area contributed by atoms with Crippen LogP contribution in [0.1, 0.15) is 43.9 Å². The molecule has 3 aromatic carbocycles. The van der Waals surface area contributed by atoms with Crippen LogP contribution in [-0.2, 0) is 26.2 Å². The van der Waals surface area contributed by atoms with E-state index in [9.17, 15) is 18.0 Å². The van der Waals surface area contributed by atoms with E-state index >= 15 is 0 Å². The minimum Gasteiger partial charge on any atom is -0.354 e. The number of hydrogen-bond acceptors (Lipinski definition) is 4. The van der Waals surface area contributed by atoms with Gasteiger partial charge < -0.3 is 10.2 Å². The molecule has 0 radical (unpaired) electrons. The zero-order valence-electron chi connectivity index (χ0n) is 23.7. The van der Waals surface area contributed by atoms with Crippen molar-refractivity contribution in [1.29, 1.82) is 0 Å². The van der Waals surface area contributed by atoms with Crippen molar-refractivity contribution in [3.8, 4) is 0 Å². The molecule has 0 aliphatic rings. The van der Waals surface area contributed by atoms with E-state index < -0.39 is 28.5 Å². The fourth-order valence-corrected chi connectivity index (χ4v) is 6.06. The number of amides is 2. The van der Waals surface area contributed by atoms with Gasteiger partial charge in [0.15, 0.2) is 0 Å². The Balaban J connectivity index is 2.09. The Bertz CT molecular complexity index is 1430. The van der Waals surface area contributed by atoms with E-state index in [4.69, 9.17) is 11.6 Å². The Labute approximate surface area is 243 Å².